The van der Waals surface area contributed by atoms with E-state index in [1.807, 2.05) is 18.2 Å². The Kier molecular flexibility index (Phi) is 6.80. The number of amides is 1. The molecule has 1 amide bonds. The first-order valence-corrected chi connectivity index (χ1v) is 12.3. The SMILES string of the molecule is C[C@H]1CN(C)[C@@H]2C[C@@H](NC(=O)C3(c4ccccc4)CCCC3)C[C@@]1(c1cccc(O)c1)C2.Cl. The van der Waals surface area contributed by atoms with E-state index in [2.05, 4.69) is 54.5 Å². The highest BCUT2D eigenvalue weighted by atomic mass is 35.5. The fourth-order valence-corrected chi connectivity index (χ4v) is 7.08. The fourth-order valence-electron chi connectivity index (χ4n) is 7.08. The molecule has 1 saturated heterocycles. The second-order valence-corrected chi connectivity index (χ2v) is 10.7. The van der Waals surface area contributed by atoms with Crippen molar-refractivity contribution in [1.29, 1.82) is 0 Å². The largest absolute Gasteiger partial charge is 0.508 e. The minimum absolute atomic E-state index is 0. The highest BCUT2D eigenvalue weighted by Crippen LogP contribution is 2.50. The zero-order chi connectivity index (χ0) is 22.3. The van der Waals surface area contributed by atoms with Crippen LogP contribution in [0.15, 0.2) is 54.6 Å². The number of fused-ring (bicyclic) bond motifs is 2. The molecule has 0 unspecified atom stereocenters. The quantitative estimate of drug-likeness (QED) is 0.649. The van der Waals surface area contributed by atoms with Gasteiger partial charge in [-0.3, -0.25) is 4.79 Å². The van der Waals surface area contributed by atoms with E-state index in [1.165, 1.54) is 11.1 Å². The van der Waals surface area contributed by atoms with Gasteiger partial charge in [0.05, 0.1) is 5.41 Å². The lowest BCUT2D eigenvalue weighted by atomic mass is 9.57. The molecule has 4 atom stereocenters. The van der Waals surface area contributed by atoms with Crippen molar-refractivity contribution < 1.29 is 9.90 Å². The molecule has 2 aromatic rings. The number of phenols is 1. The summed E-state index contributed by atoms with van der Waals surface area (Å²) in [5, 5.41) is 13.8. The predicted molar refractivity (Wildman–Crippen MR) is 135 cm³/mol. The van der Waals surface area contributed by atoms with Crippen LogP contribution in [0.5, 0.6) is 5.75 Å². The van der Waals surface area contributed by atoms with Crippen molar-refractivity contribution in [3.8, 4) is 5.75 Å². The van der Waals surface area contributed by atoms with Crippen LogP contribution < -0.4 is 5.32 Å². The number of nitrogens with zero attached hydrogens (tertiary/aromatic N) is 1. The van der Waals surface area contributed by atoms with E-state index in [1.54, 1.807) is 6.07 Å². The lowest BCUT2D eigenvalue weighted by molar-refractivity contribution is -0.128. The molecule has 2 bridgehead atoms. The number of hydrogen-bond acceptors (Lipinski definition) is 3. The summed E-state index contributed by atoms with van der Waals surface area (Å²) >= 11 is 0. The van der Waals surface area contributed by atoms with Crippen molar-refractivity contribution in [3.63, 3.8) is 0 Å². The van der Waals surface area contributed by atoms with Crippen molar-refractivity contribution in [3.05, 3.63) is 65.7 Å². The van der Waals surface area contributed by atoms with Crippen LogP contribution in [0.4, 0.5) is 0 Å². The van der Waals surface area contributed by atoms with Gasteiger partial charge in [0.25, 0.3) is 0 Å². The number of carbonyl (C=O) groups is 1. The van der Waals surface area contributed by atoms with Crippen molar-refractivity contribution in [2.24, 2.45) is 5.92 Å². The molecular formula is C28H37ClN2O2. The van der Waals surface area contributed by atoms with Crippen LogP contribution in [0, 0.1) is 5.92 Å². The molecule has 5 heteroatoms. The number of benzene rings is 2. The molecule has 0 aromatic heterocycles. The maximum atomic E-state index is 13.8. The number of halogens is 1. The van der Waals surface area contributed by atoms with E-state index in [0.717, 1.165) is 51.5 Å². The molecule has 0 spiro atoms. The van der Waals surface area contributed by atoms with Gasteiger partial charge in [-0.25, -0.2) is 0 Å². The van der Waals surface area contributed by atoms with Crippen LogP contribution in [0.3, 0.4) is 0 Å². The van der Waals surface area contributed by atoms with Crippen molar-refractivity contribution >= 4 is 18.3 Å². The lowest BCUT2D eigenvalue weighted by Gasteiger charge is -2.56. The minimum Gasteiger partial charge on any atom is -0.508 e. The van der Waals surface area contributed by atoms with Gasteiger partial charge < -0.3 is 15.3 Å². The lowest BCUT2D eigenvalue weighted by Crippen LogP contribution is -2.61. The fraction of sp³-hybridized carbons (Fsp3) is 0.536. The van der Waals surface area contributed by atoms with Gasteiger partial charge in [0.2, 0.25) is 5.91 Å². The van der Waals surface area contributed by atoms with Crippen molar-refractivity contribution in [1.82, 2.24) is 10.2 Å². The number of hydrogen-bond donors (Lipinski definition) is 2. The standard InChI is InChI=1S/C28H36N2O2.ClH/c1-20-19-30(2)24-16-23(17-28(20,18-24)22-11-8-12-25(31)15-22)29-26(32)27(13-6-7-14-27)21-9-4-3-5-10-21;/h3-5,8-12,15,20,23-24,31H,6-7,13-14,16-19H2,1-2H3,(H,29,32);1H/t20-,23+,24+,28+;/m0./s1. The summed E-state index contributed by atoms with van der Waals surface area (Å²) in [5.74, 6) is 1.01. The zero-order valence-electron chi connectivity index (χ0n) is 19.8. The third kappa shape index (κ3) is 4.17. The first-order valence-electron chi connectivity index (χ1n) is 12.3. The molecular weight excluding hydrogens is 432 g/mol. The third-order valence-electron chi connectivity index (χ3n) is 8.87. The molecule has 5 rings (SSSR count). The zero-order valence-corrected chi connectivity index (χ0v) is 20.6. The van der Waals surface area contributed by atoms with E-state index >= 15 is 0 Å². The Balaban J connectivity index is 0.00000259. The Labute approximate surface area is 204 Å². The summed E-state index contributed by atoms with van der Waals surface area (Å²) in [6.45, 7) is 3.39. The second kappa shape index (κ2) is 9.31. The van der Waals surface area contributed by atoms with Crippen LogP contribution in [-0.2, 0) is 15.6 Å². The molecule has 3 aliphatic rings. The Bertz CT molecular complexity index is 975. The molecule has 178 valence electrons. The highest BCUT2D eigenvalue weighted by Gasteiger charge is 2.51. The Morgan fingerprint density at radius 2 is 1.73 bits per heavy atom. The van der Waals surface area contributed by atoms with E-state index in [9.17, 15) is 9.90 Å². The van der Waals surface area contributed by atoms with Gasteiger partial charge in [-0.1, -0.05) is 62.2 Å². The van der Waals surface area contributed by atoms with Gasteiger partial charge in [-0.2, -0.15) is 0 Å². The second-order valence-electron chi connectivity index (χ2n) is 10.7. The van der Waals surface area contributed by atoms with E-state index in [0.29, 0.717) is 17.7 Å². The highest BCUT2D eigenvalue weighted by molar-refractivity contribution is 5.89. The number of aromatic hydroxyl groups is 1. The number of likely N-dealkylation sites (tertiary alicyclic amines) is 1. The van der Waals surface area contributed by atoms with E-state index in [-0.39, 0.29) is 35.2 Å². The Hall–Kier alpha value is -2.04. The topological polar surface area (TPSA) is 52.6 Å². The van der Waals surface area contributed by atoms with Gasteiger partial charge in [-0.15, -0.1) is 12.4 Å². The van der Waals surface area contributed by atoms with E-state index < -0.39 is 0 Å². The monoisotopic (exact) mass is 468 g/mol. The summed E-state index contributed by atoms with van der Waals surface area (Å²) in [6.07, 6.45) is 7.13. The molecule has 1 aliphatic heterocycles. The number of nitrogens with one attached hydrogen (secondary N) is 1. The average molecular weight is 469 g/mol. The van der Waals surface area contributed by atoms with Crippen molar-refractivity contribution in [2.75, 3.05) is 13.6 Å². The summed E-state index contributed by atoms with van der Waals surface area (Å²) in [6, 6.07) is 18.8. The van der Waals surface area contributed by atoms with Gasteiger partial charge in [0, 0.05) is 24.0 Å². The van der Waals surface area contributed by atoms with Crippen LogP contribution in [-0.4, -0.2) is 41.6 Å². The van der Waals surface area contributed by atoms with Gasteiger partial charge in [-0.05, 0) is 68.3 Å². The molecule has 2 aliphatic carbocycles. The summed E-state index contributed by atoms with van der Waals surface area (Å²) in [4.78, 5) is 16.3. The Morgan fingerprint density at radius 3 is 2.42 bits per heavy atom. The number of phenolic OH excluding ortho intramolecular Hbond substituents is 1. The van der Waals surface area contributed by atoms with Gasteiger partial charge >= 0.3 is 0 Å². The maximum Gasteiger partial charge on any atom is 0.230 e. The van der Waals surface area contributed by atoms with Gasteiger partial charge in [0.1, 0.15) is 5.75 Å². The summed E-state index contributed by atoms with van der Waals surface area (Å²) < 4.78 is 0. The molecule has 33 heavy (non-hydrogen) atoms. The number of carbonyl (C=O) groups excluding carboxylic acids is 1. The average Bonchev–Trinajstić information content (AvgIpc) is 3.30. The molecule has 2 N–H and O–H groups in total. The molecule has 4 nitrogen and oxygen atoms in total. The Morgan fingerprint density at radius 1 is 1.03 bits per heavy atom. The smallest absolute Gasteiger partial charge is 0.230 e. The summed E-state index contributed by atoms with van der Waals surface area (Å²) in [7, 11) is 2.22. The van der Waals surface area contributed by atoms with E-state index in [4.69, 9.17) is 0 Å². The number of rotatable bonds is 4. The summed E-state index contributed by atoms with van der Waals surface area (Å²) in [5.41, 5.74) is 1.99. The van der Waals surface area contributed by atoms with Crippen LogP contribution >= 0.6 is 12.4 Å². The maximum absolute atomic E-state index is 13.8. The first kappa shape index (κ1) is 24.1. The number of piperidine rings is 1. The third-order valence-corrected chi connectivity index (χ3v) is 8.87. The van der Waals surface area contributed by atoms with Crippen LogP contribution in [0.2, 0.25) is 0 Å². The predicted octanol–water partition coefficient (Wildman–Crippen LogP) is 5.18. The molecule has 3 fully saturated rings. The van der Waals surface area contributed by atoms with Crippen LogP contribution in [0.1, 0.15) is 63.0 Å². The molecule has 2 saturated carbocycles. The minimum atomic E-state index is -0.385. The molecule has 1 heterocycles. The first-order chi connectivity index (χ1) is 15.4. The van der Waals surface area contributed by atoms with Crippen molar-refractivity contribution in [2.45, 2.75) is 74.8 Å². The van der Waals surface area contributed by atoms with Gasteiger partial charge in [0.15, 0.2) is 0 Å². The molecule has 0 radical (unpaired) electrons. The molecule has 2 aromatic carbocycles. The normalized spacial score (nSPS) is 30.9. The van der Waals surface area contributed by atoms with Crippen LogP contribution in [0.25, 0.3) is 0 Å².